The highest BCUT2D eigenvalue weighted by Crippen LogP contribution is 2.30. The topological polar surface area (TPSA) is 72.2 Å². The van der Waals surface area contributed by atoms with Crippen LogP contribution in [0.4, 0.5) is 11.4 Å². The van der Waals surface area contributed by atoms with Crippen LogP contribution < -0.4 is 11.1 Å². The Morgan fingerprint density at radius 3 is 2.46 bits per heavy atom. The lowest BCUT2D eigenvalue weighted by Crippen LogP contribution is -2.13. The first-order chi connectivity index (χ1) is 13.4. The van der Waals surface area contributed by atoms with Crippen molar-refractivity contribution in [2.75, 3.05) is 11.1 Å². The van der Waals surface area contributed by atoms with E-state index in [4.69, 9.17) is 5.73 Å². The van der Waals surface area contributed by atoms with Gasteiger partial charge in [-0.15, -0.1) is 11.3 Å². The van der Waals surface area contributed by atoms with Crippen molar-refractivity contribution in [2.45, 2.75) is 26.7 Å². The molecule has 1 amide bonds. The van der Waals surface area contributed by atoms with Crippen LogP contribution in [-0.2, 0) is 11.2 Å². The van der Waals surface area contributed by atoms with Crippen molar-refractivity contribution >= 4 is 34.4 Å². The molecule has 5 heteroatoms. The number of benzene rings is 2. The van der Waals surface area contributed by atoms with Crippen molar-refractivity contribution < 1.29 is 9.59 Å². The van der Waals surface area contributed by atoms with Crippen LogP contribution >= 0.6 is 11.3 Å². The van der Waals surface area contributed by atoms with Crippen LogP contribution in [0.5, 0.6) is 0 Å². The number of carbonyl (C=O) groups is 2. The van der Waals surface area contributed by atoms with Gasteiger partial charge in [0.15, 0.2) is 0 Å². The third-order valence-electron chi connectivity index (χ3n) is 4.63. The first kappa shape index (κ1) is 19.8. The highest BCUT2D eigenvalue weighted by molar-refractivity contribution is 7.13. The summed E-state index contributed by atoms with van der Waals surface area (Å²) in [5.74, 6) is 0.100. The molecule has 28 heavy (non-hydrogen) atoms. The summed E-state index contributed by atoms with van der Waals surface area (Å²) in [5.41, 5.74) is 9.79. The third kappa shape index (κ3) is 4.87. The molecule has 3 N–H and O–H groups in total. The number of hydrogen-bond acceptors (Lipinski definition) is 4. The van der Waals surface area contributed by atoms with E-state index in [9.17, 15) is 9.59 Å². The van der Waals surface area contributed by atoms with Gasteiger partial charge in [0, 0.05) is 22.8 Å². The molecule has 1 aromatic heterocycles. The van der Waals surface area contributed by atoms with E-state index in [2.05, 4.69) is 5.32 Å². The molecule has 0 atom stereocenters. The predicted molar refractivity (Wildman–Crippen MR) is 117 cm³/mol. The van der Waals surface area contributed by atoms with E-state index in [1.807, 2.05) is 55.6 Å². The van der Waals surface area contributed by atoms with Gasteiger partial charge in [0.1, 0.15) is 5.78 Å². The van der Waals surface area contributed by atoms with Crippen molar-refractivity contribution in [2.24, 2.45) is 5.92 Å². The zero-order valence-corrected chi connectivity index (χ0v) is 16.9. The van der Waals surface area contributed by atoms with Gasteiger partial charge in [0.25, 0.3) is 5.91 Å². The molecule has 0 saturated carbocycles. The van der Waals surface area contributed by atoms with Crippen molar-refractivity contribution in [1.82, 2.24) is 0 Å². The molecule has 0 unspecified atom stereocenters. The van der Waals surface area contributed by atoms with Crippen LogP contribution in [0.3, 0.4) is 0 Å². The minimum atomic E-state index is -0.208. The fourth-order valence-electron chi connectivity index (χ4n) is 2.83. The third-order valence-corrected chi connectivity index (χ3v) is 5.55. The number of amides is 1. The molecule has 0 radical (unpaired) electrons. The summed E-state index contributed by atoms with van der Waals surface area (Å²) in [6, 6.07) is 17.0. The van der Waals surface area contributed by atoms with Gasteiger partial charge in [-0.25, -0.2) is 0 Å². The maximum Gasteiger partial charge on any atom is 0.255 e. The lowest BCUT2D eigenvalue weighted by atomic mass is 10.0. The Morgan fingerprint density at radius 2 is 1.82 bits per heavy atom. The monoisotopic (exact) mass is 392 g/mol. The molecular weight excluding hydrogens is 368 g/mol. The molecule has 0 bridgehead atoms. The molecule has 0 fully saturated rings. The number of aryl methyl sites for hydroxylation is 1. The maximum atomic E-state index is 12.6. The van der Waals surface area contributed by atoms with Crippen LogP contribution in [0, 0.1) is 5.92 Å². The number of anilines is 2. The van der Waals surface area contributed by atoms with Crippen LogP contribution in [0.1, 0.15) is 36.2 Å². The lowest BCUT2D eigenvalue weighted by molar-refractivity contribution is -0.121. The van der Waals surface area contributed by atoms with Crippen LogP contribution in [0.2, 0.25) is 0 Å². The van der Waals surface area contributed by atoms with E-state index >= 15 is 0 Å². The Labute approximate surface area is 169 Å². The van der Waals surface area contributed by atoms with Gasteiger partial charge >= 0.3 is 0 Å². The predicted octanol–water partition coefficient (Wildman–Crippen LogP) is 5.41. The van der Waals surface area contributed by atoms with Crippen molar-refractivity contribution in [3.63, 3.8) is 0 Å². The van der Waals surface area contributed by atoms with Gasteiger partial charge in [-0.2, -0.15) is 0 Å². The fourth-order valence-corrected chi connectivity index (χ4v) is 3.56. The fraction of sp³-hybridized carbons (Fsp3) is 0.217. The quantitative estimate of drug-likeness (QED) is 0.528. The molecule has 144 valence electrons. The summed E-state index contributed by atoms with van der Waals surface area (Å²) < 4.78 is 0. The Hall–Kier alpha value is -2.92. The first-order valence-electron chi connectivity index (χ1n) is 9.30. The molecule has 2 aromatic carbocycles. The average molecular weight is 393 g/mol. The maximum absolute atomic E-state index is 12.6. The van der Waals surface area contributed by atoms with Crippen LogP contribution in [0.15, 0.2) is 60.0 Å². The van der Waals surface area contributed by atoms with Gasteiger partial charge in [-0.05, 0) is 53.3 Å². The number of rotatable bonds is 7. The summed E-state index contributed by atoms with van der Waals surface area (Å²) >= 11 is 1.64. The van der Waals surface area contributed by atoms with E-state index in [0.29, 0.717) is 29.8 Å². The Kier molecular flexibility index (Phi) is 6.26. The van der Waals surface area contributed by atoms with E-state index in [-0.39, 0.29) is 17.6 Å². The SMILES string of the molecule is CC(C)C(=O)CCc1ccc(C(=O)Nc2cc(-c3cccs3)ccc2N)cc1. The molecular formula is C23H24N2O2S. The van der Waals surface area contributed by atoms with Gasteiger partial charge in [0.2, 0.25) is 0 Å². The van der Waals surface area contributed by atoms with Gasteiger partial charge < -0.3 is 11.1 Å². The summed E-state index contributed by atoms with van der Waals surface area (Å²) in [5, 5.41) is 4.91. The standard InChI is InChI=1S/C23H24N2O2S/c1-15(2)21(26)12-7-16-5-8-17(9-6-16)23(27)25-20-14-18(10-11-19(20)24)22-4-3-13-28-22/h3-6,8-11,13-15H,7,12,24H2,1-2H3,(H,25,27). The second kappa shape index (κ2) is 8.85. The number of ketones is 1. The normalized spacial score (nSPS) is 10.8. The van der Waals surface area contributed by atoms with Gasteiger partial charge in [-0.1, -0.05) is 38.1 Å². The van der Waals surface area contributed by atoms with E-state index < -0.39 is 0 Å². The zero-order chi connectivity index (χ0) is 20.1. The van der Waals surface area contributed by atoms with Crippen molar-refractivity contribution in [1.29, 1.82) is 0 Å². The minimum absolute atomic E-state index is 0.0560. The summed E-state index contributed by atoms with van der Waals surface area (Å²) in [4.78, 5) is 25.5. The molecule has 4 nitrogen and oxygen atoms in total. The number of nitrogens with two attached hydrogens (primary N) is 1. The molecule has 0 spiro atoms. The van der Waals surface area contributed by atoms with Crippen molar-refractivity contribution in [3.05, 3.63) is 71.1 Å². The Morgan fingerprint density at radius 1 is 1.07 bits per heavy atom. The lowest BCUT2D eigenvalue weighted by Gasteiger charge is -2.10. The largest absolute Gasteiger partial charge is 0.397 e. The number of nitrogens with one attached hydrogen (secondary N) is 1. The van der Waals surface area contributed by atoms with Gasteiger partial charge in [0.05, 0.1) is 11.4 Å². The number of thiophene rings is 1. The van der Waals surface area contributed by atoms with E-state index in [1.54, 1.807) is 29.5 Å². The van der Waals surface area contributed by atoms with E-state index in [0.717, 1.165) is 16.0 Å². The second-order valence-corrected chi connectivity index (χ2v) is 8.00. The average Bonchev–Trinajstić information content (AvgIpc) is 3.23. The van der Waals surface area contributed by atoms with Crippen molar-refractivity contribution in [3.8, 4) is 10.4 Å². The highest BCUT2D eigenvalue weighted by atomic mass is 32.1. The highest BCUT2D eigenvalue weighted by Gasteiger charge is 2.11. The number of nitrogen functional groups attached to an aromatic ring is 1. The Bertz CT molecular complexity index is 961. The minimum Gasteiger partial charge on any atom is -0.397 e. The zero-order valence-electron chi connectivity index (χ0n) is 16.1. The molecule has 0 saturated heterocycles. The number of Topliss-reactive ketones (excluding diaryl/α,β-unsaturated/α-hetero) is 1. The molecule has 0 aliphatic carbocycles. The Balaban J connectivity index is 1.68. The first-order valence-corrected chi connectivity index (χ1v) is 10.2. The molecule has 3 aromatic rings. The summed E-state index contributed by atoms with van der Waals surface area (Å²) in [6.07, 6.45) is 1.21. The number of hydrogen-bond donors (Lipinski definition) is 2. The molecule has 0 aliphatic heterocycles. The summed E-state index contributed by atoms with van der Waals surface area (Å²) in [7, 11) is 0. The van der Waals surface area contributed by atoms with Crippen LogP contribution in [0.25, 0.3) is 10.4 Å². The smallest absolute Gasteiger partial charge is 0.255 e. The molecule has 0 aliphatic rings. The molecule has 1 heterocycles. The van der Waals surface area contributed by atoms with Crippen LogP contribution in [-0.4, -0.2) is 11.7 Å². The van der Waals surface area contributed by atoms with E-state index in [1.165, 1.54) is 0 Å². The van der Waals surface area contributed by atoms with Gasteiger partial charge in [-0.3, -0.25) is 9.59 Å². The number of carbonyl (C=O) groups excluding carboxylic acids is 2. The summed E-state index contributed by atoms with van der Waals surface area (Å²) in [6.45, 7) is 3.82. The molecule has 3 rings (SSSR count). The second-order valence-electron chi connectivity index (χ2n) is 7.05.